The first-order valence-corrected chi connectivity index (χ1v) is 10.7. The highest BCUT2D eigenvalue weighted by Gasteiger charge is 2.30. The van der Waals surface area contributed by atoms with Crippen molar-refractivity contribution in [2.45, 2.75) is 68.7 Å². The van der Waals surface area contributed by atoms with Gasteiger partial charge in [-0.2, -0.15) is 0 Å². The van der Waals surface area contributed by atoms with Crippen LogP contribution in [0.2, 0.25) is 0 Å². The maximum atomic E-state index is 12.8. The molecule has 25 heavy (non-hydrogen) atoms. The number of sulfonamides is 1. The second-order valence-electron chi connectivity index (χ2n) is 7.30. The molecule has 0 aromatic heterocycles. The van der Waals surface area contributed by atoms with Crippen LogP contribution in [0.4, 0.5) is 5.69 Å². The number of hydrogen-bond acceptors (Lipinski definition) is 3. The van der Waals surface area contributed by atoms with E-state index >= 15 is 0 Å². The molecule has 134 valence electrons. The lowest BCUT2D eigenvalue weighted by Crippen LogP contribution is -2.36. The largest absolute Gasteiger partial charge is 0.321 e. The number of anilines is 1. The highest BCUT2D eigenvalue weighted by molar-refractivity contribution is 7.89. The minimum atomic E-state index is -3.56. The topological polar surface area (TPSA) is 75.3 Å². The zero-order valence-corrected chi connectivity index (χ0v) is 15.1. The molecule has 6 heteroatoms. The van der Waals surface area contributed by atoms with Gasteiger partial charge in [-0.1, -0.05) is 24.8 Å². The van der Waals surface area contributed by atoms with E-state index in [0.717, 1.165) is 68.2 Å². The number of nitrogens with one attached hydrogen (secondary N) is 2. The summed E-state index contributed by atoms with van der Waals surface area (Å²) in [5.74, 6) is -0.0957. The predicted molar refractivity (Wildman–Crippen MR) is 97.7 cm³/mol. The van der Waals surface area contributed by atoms with Crippen LogP contribution in [0.5, 0.6) is 0 Å². The van der Waals surface area contributed by atoms with Gasteiger partial charge in [-0.05, 0) is 56.7 Å². The molecule has 2 fully saturated rings. The van der Waals surface area contributed by atoms with Crippen LogP contribution >= 0.6 is 0 Å². The number of amides is 1. The van der Waals surface area contributed by atoms with Crippen molar-refractivity contribution in [3.63, 3.8) is 0 Å². The van der Waals surface area contributed by atoms with Crippen molar-refractivity contribution in [1.82, 2.24) is 4.72 Å². The minimum absolute atomic E-state index is 0.0272. The molecular weight excluding hydrogens is 336 g/mol. The van der Waals surface area contributed by atoms with Gasteiger partial charge in [0, 0.05) is 22.9 Å². The fraction of sp³-hybridized carbons (Fsp3) is 0.526. The van der Waals surface area contributed by atoms with Crippen LogP contribution in [0.1, 0.15) is 63.4 Å². The smallest absolute Gasteiger partial charge is 0.256 e. The molecule has 5 nitrogen and oxygen atoms in total. The summed E-state index contributed by atoms with van der Waals surface area (Å²) in [6.45, 7) is 0. The van der Waals surface area contributed by atoms with E-state index in [1.165, 1.54) is 6.42 Å². The SMILES string of the molecule is O=C1Nc2ccc(S(=O)(=O)NC3CCCCC3)cc2C1=C1CCCC1. The summed E-state index contributed by atoms with van der Waals surface area (Å²) in [5, 5.41) is 2.87. The Bertz CT molecular complexity index is 828. The van der Waals surface area contributed by atoms with Gasteiger partial charge in [0.25, 0.3) is 5.91 Å². The molecule has 0 spiro atoms. The van der Waals surface area contributed by atoms with Gasteiger partial charge in [-0.25, -0.2) is 13.1 Å². The van der Waals surface area contributed by atoms with Crippen molar-refractivity contribution in [3.8, 4) is 0 Å². The first-order chi connectivity index (χ1) is 12.0. The highest BCUT2D eigenvalue weighted by atomic mass is 32.2. The molecule has 2 saturated carbocycles. The Morgan fingerprint density at radius 3 is 2.44 bits per heavy atom. The summed E-state index contributed by atoms with van der Waals surface area (Å²) in [6, 6.07) is 5.00. The summed E-state index contributed by atoms with van der Waals surface area (Å²) in [6.07, 6.45) is 9.20. The number of carbonyl (C=O) groups is 1. The maximum absolute atomic E-state index is 12.8. The fourth-order valence-electron chi connectivity index (χ4n) is 4.22. The zero-order valence-electron chi connectivity index (χ0n) is 14.3. The summed E-state index contributed by atoms with van der Waals surface area (Å²) in [5.41, 5.74) is 3.32. The summed E-state index contributed by atoms with van der Waals surface area (Å²) in [7, 11) is -3.56. The first-order valence-electron chi connectivity index (χ1n) is 9.25. The third kappa shape index (κ3) is 3.25. The summed E-state index contributed by atoms with van der Waals surface area (Å²) in [4.78, 5) is 12.6. The average Bonchev–Trinajstić information content (AvgIpc) is 3.21. The Labute approximate surface area is 148 Å². The quantitative estimate of drug-likeness (QED) is 0.809. The van der Waals surface area contributed by atoms with Crippen molar-refractivity contribution >= 4 is 27.2 Å². The normalized spacial score (nSPS) is 21.5. The third-order valence-corrected chi connectivity index (χ3v) is 7.05. The van der Waals surface area contributed by atoms with Gasteiger partial charge in [0.2, 0.25) is 10.0 Å². The number of allylic oxidation sites excluding steroid dienone is 1. The molecule has 0 radical (unpaired) electrons. The number of fused-ring (bicyclic) bond motifs is 1. The Hall–Kier alpha value is -1.66. The Morgan fingerprint density at radius 1 is 1.00 bits per heavy atom. The molecule has 4 rings (SSSR count). The molecule has 1 aliphatic heterocycles. The molecule has 1 heterocycles. The van der Waals surface area contributed by atoms with Crippen molar-refractivity contribution in [1.29, 1.82) is 0 Å². The molecule has 0 saturated heterocycles. The Balaban J connectivity index is 1.67. The van der Waals surface area contributed by atoms with Crippen molar-refractivity contribution < 1.29 is 13.2 Å². The molecular formula is C19H24N2O3S. The van der Waals surface area contributed by atoms with Crippen molar-refractivity contribution in [2.75, 3.05) is 5.32 Å². The summed E-state index contributed by atoms with van der Waals surface area (Å²) < 4.78 is 28.4. The number of benzene rings is 1. The number of carbonyl (C=O) groups excluding carboxylic acids is 1. The van der Waals surface area contributed by atoms with Crippen LogP contribution in [0, 0.1) is 0 Å². The van der Waals surface area contributed by atoms with Gasteiger partial charge >= 0.3 is 0 Å². The molecule has 0 bridgehead atoms. The van der Waals surface area contributed by atoms with Gasteiger partial charge in [-0.3, -0.25) is 4.79 Å². The molecule has 0 atom stereocenters. The van der Waals surface area contributed by atoms with E-state index in [1.807, 2.05) is 0 Å². The van der Waals surface area contributed by atoms with Crippen LogP contribution in [0.15, 0.2) is 28.7 Å². The maximum Gasteiger partial charge on any atom is 0.256 e. The predicted octanol–water partition coefficient (Wildman–Crippen LogP) is 3.58. The van der Waals surface area contributed by atoms with Crippen molar-refractivity contribution in [2.24, 2.45) is 0 Å². The zero-order chi connectivity index (χ0) is 17.4. The van der Waals surface area contributed by atoms with Crippen LogP contribution in [0.25, 0.3) is 5.57 Å². The lowest BCUT2D eigenvalue weighted by atomic mass is 9.96. The van der Waals surface area contributed by atoms with Gasteiger partial charge in [0.15, 0.2) is 0 Å². The second kappa shape index (κ2) is 6.57. The number of hydrogen-bond donors (Lipinski definition) is 2. The molecule has 3 aliphatic rings. The summed E-state index contributed by atoms with van der Waals surface area (Å²) >= 11 is 0. The van der Waals surface area contributed by atoms with Gasteiger partial charge in [0.05, 0.1) is 4.90 Å². The van der Waals surface area contributed by atoms with E-state index in [4.69, 9.17) is 0 Å². The Kier molecular flexibility index (Phi) is 4.41. The van der Waals surface area contributed by atoms with E-state index < -0.39 is 10.0 Å². The van der Waals surface area contributed by atoms with E-state index in [2.05, 4.69) is 10.0 Å². The second-order valence-corrected chi connectivity index (χ2v) is 9.02. The molecule has 0 unspecified atom stereocenters. The average molecular weight is 360 g/mol. The van der Waals surface area contributed by atoms with Gasteiger partial charge < -0.3 is 5.32 Å². The fourth-order valence-corrected chi connectivity index (χ4v) is 5.55. The van der Waals surface area contributed by atoms with E-state index in [0.29, 0.717) is 5.57 Å². The molecule has 2 N–H and O–H groups in total. The lowest BCUT2D eigenvalue weighted by molar-refractivity contribution is -0.110. The van der Waals surface area contributed by atoms with Crippen molar-refractivity contribution in [3.05, 3.63) is 29.3 Å². The minimum Gasteiger partial charge on any atom is -0.321 e. The molecule has 1 aromatic carbocycles. The van der Waals surface area contributed by atoms with Crippen LogP contribution in [-0.4, -0.2) is 20.4 Å². The standard InChI is InChI=1S/C19H24N2O3S/c22-19-18(13-6-4-5-7-13)16-12-15(10-11-17(16)20-19)25(23,24)21-14-8-2-1-3-9-14/h10-12,14,21H,1-9H2,(H,20,22). The molecule has 2 aliphatic carbocycles. The van der Waals surface area contributed by atoms with Gasteiger partial charge in [0.1, 0.15) is 0 Å². The highest BCUT2D eigenvalue weighted by Crippen LogP contribution is 2.40. The van der Waals surface area contributed by atoms with Crippen LogP contribution < -0.4 is 10.0 Å². The van der Waals surface area contributed by atoms with Gasteiger partial charge in [-0.15, -0.1) is 0 Å². The first kappa shape index (κ1) is 16.8. The van der Waals surface area contributed by atoms with Crippen LogP contribution in [0.3, 0.4) is 0 Å². The number of rotatable bonds is 3. The third-order valence-electron chi connectivity index (χ3n) is 5.53. The molecule has 1 amide bonds. The Morgan fingerprint density at radius 2 is 1.72 bits per heavy atom. The molecule has 1 aromatic rings. The van der Waals surface area contributed by atoms with E-state index in [-0.39, 0.29) is 16.8 Å². The lowest BCUT2D eigenvalue weighted by Gasteiger charge is -2.22. The van der Waals surface area contributed by atoms with Crippen LogP contribution in [-0.2, 0) is 14.8 Å². The monoisotopic (exact) mass is 360 g/mol. The van der Waals surface area contributed by atoms with E-state index in [1.54, 1.807) is 18.2 Å². The van der Waals surface area contributed by atoms with E-state index in [9.17, 15) is 13.2 Å².